The summed E-state index contributed by atoms with van der Waals surface area (Å²) in [6, 6.07) is 4.48. The van der Waals surface area contributed by atoms with Gasteiger partial charge in [0.05, 0.1) is 30.3 Å². The van der Waals surface area contributed by atoms with Gasteiger partial charge in [-0.25, -0.2) is 14.0 Å². The van der Waals surface area contributed by atoms with Gasteiger partial charge in [0.2, 0.25) is 0 Å². The molecule has 1 aromatic heterocycles. The molecule has 2 aromatic rings. The first-order chi connectivity index (χ1) is 9.97. The van der Waals surface area contributed by atoms with Gasteiger partial charge in [-0.05, 0) is 24.3 Å². The minimum absolute atomic E-state index is 0.0796. The van der Waals surface area contributed by atoms with Crippen LogP contribution in [-0.2, 0) is 6.54 Å². The third-order valence-electron chi connectivity index (χ3n) is 2.80. The van der Waals surface area contributed by atoms with Crippen molar-refractivity contribution in [2.45, 2.75) is 6.54 Å². The number of hydrogen-bond acceptors (Lipinski definition) is 3. The fourth-order valence-electron chi connectivity index (χ4n) is 1.69. The average Bonchev–Trinajstić information content (AvgIpc) is 2.93. The molecular formula is C14H13FN2O4. The monoisotopic (exact) mass is 292 g/mol. The summed E-state index contributed by atoms with van der Waals surface area (Å²) >= 11 is 0. The van der Waals surface area contributed by atoms with E-state index in [1.165, 1.54) is 29.6 Å². The van der Waals surface area contributed by atoms with Crippen LogP contribution in [0.1, 0.15) is 15.9 Å². The summed E-state index contributed by atoms with van der Waals surface area (Å²) in [6.45, 7) is 0.303. The number of aromatic carboxylic acids is 1. The third-order valence-corrected chi connectivity index (χ3v) is 2.80. The Labute approximate surface area is 119 Å². The van der Waals surface area contributed by atoms with E-state index in [2.05, 4.69) is 5.32 Å². The zero-order chi connectivity index (χ0) is 15.4. The quantitative estimate of drug-likeness (QED) is 0.907. The minimum atomic E-state index is -1.23. The summed E-state index contributed by atoms with van der Waals surface area (Å²) in [5.74, 6) is -2.04. The molecule has 0 saturated carbocycles. The number of furan rings is 1. The van der Waals surface area contributed by atoms with Crippen LogP contribution in [0.5, 0.6) is 0 Å². The Morgan fingerprint density at radius 3 is 2.71 bits per heavy atom. The van der Waals surface area contributed by atoms with Crippen molar-refractivity contribution >= 4 is 17.7 Å². The summed E-state index contributed by atoms with van der Waals surface area (Å²) in [5, 5.41) is 11.1. The predicted molar refractivity (Wildman–Crippen MR) is 72.6 cm³/mol. The van der Waals surface area contributed by atoms with E-state index < -0.39 is 17.8 Å². The lowest BCUT2D eigenvalue weighted by atomic mass is 10.2. The molecule has 2 amide bonds. The van der Waals surface area contributed by atoms with Crippen molar-refractivity contribution in [2.75, 3.05) is 12.4 Å². The molecule has 2 N–H and O–H groups in total. The third kappa shape index (κ3) is 3.59. The van der Waals surface area contributed by atoms with E-state index in [9.17, 15) is 14.0 Å². The second kappa shape index (κ2) is 6.08. The van der Waals surface area contributed by atoms with Crippen molar-refractivity contribution < 1.29 is 23.5 Å². The Bertz CT molecular complexity index is 655. The van der Waals surface area contributed by atoms with Crippen LogP contribution in [0.25, 0.3) is 0 Å². The molecule has 0 atom stereocenters. The average molecular weight is 292 g/mol. The maximum absolute atomic E-state index is 13.7. The Morgan fingerprint density at radius 1 is 1.38 bits per heavy atom. The van der Waals surface area contributed by atoms with Gasteiger partial charge >= 0.3 is 12.0 Å². The number of amides is 2. The van der Waals surface area contributed by atoms with Crippen LogP contribution in [0, 0.1) is 5.82 Å². The molecule has 0 bridgehead atoms. The highest BCUT2D eigenvalue weighted by Gasteiger charge is 2.14. The standard InChI is InChI=1S/C14H13FN2O4/c1-17(7-9-4-5-21-8-9)14(20)16-12-3-2-10(13(18)19)6-11(12)15/h2-6,8H,7H2,1H3,(H,16,20)(H,18,19). The van der Waals surface area contributed by atoms with Gasteiger partial charge in [-0.3, -0.25) is 0 Å². The summed E-state index contributed by atoms with van der Waals surface area (Å²) in [5.41, 5.74) is 0.538. The molecule has 0 aliphatic rings. The van der Waals surface area contributed by atoms with E-state index in [1.54, 1.807) is 13.1 Å². The topological polar surface area (TPSA) is 82.8 Å². The highest BCUT2D eigenvalue weighted by molar-refractivity contribution is 5.91. The molecule has 1 heterocycles. The number of halogens is 1. The Morgan fingerprint density at radius 2 is 2.14 bits per heavy atom. The molecule has 21 heavy (non-hydrogen) atoms. The van der Waals surface area contributed by atoms with Crippen molar-refractivity contribution in [1.29, 1.82) is 0 Å². The Balaban J connectivity index is 2.03. The molecule has 0 aliphatic heterocycles. The molecule has 1 aromatic carbocycles. The van der Waals surface area contributed by atoms with Crippen LogP contribution in [-0.4, -0.2) is 29.1 Å². The molecule has 0 radical (unpaired) electrons. The maximum atomic E-state index is 13.7. The van der Waals surface area contributed by atoms with Crippen LogP contribution in [0.2, 0.25) is 0 Å². The van der Waals surface area contributed by atoms with E-state index in [4.69, 9.17) is 9.52 Å². The summed E-state index contributed by atoms with van der Waals surface area (Å²) in [6.07, 6.45) is 3.00. The molecule has 0 spiro atoms. The molecule has 7 heteroatoms. The van der Waals surface area contributed by atoms with Crippen molar-refractivity contribution in [3.63, 3.8) is 0 Å². The number of urea groups is 1. The van der Waals surface area contributed by atoms with E-state index in [0.717, 1.165) is 11.6 Å². The molecule has 0 aliphatic carbocycles. The SMILES string of the molecule is CN(Cc1ccoc1)C(=O)Nc1ccc(C(=O)O)cc1F. The molecule has 0 saturated heterocycles. The fourth-order valence-corrected chi connectivity index (χ4v) is 1.69. The first kappa shape index (κ1) is 14.6. The van der Waals surface area contributed by atoms with Crippen LogP contribution < -0.4 is 5.32 Å². The smallest absolute Gasteiger partial charge is 0.335 e. The normalized spacial score (nSPS) is 10.2. The first-order valence-corrected chi connectivity index (χ1v) is 6.03. The van der Waals surface area contributed by atoms with Crippen molar-refractivity contribution in [3.8, 4) is 0 Å². The predicted octanol–water partition coefficient (Wildman–Crippen LogP) is 2.78. The Kier molecular flexibility index (Phi) is 4.22. The number of anilines is 1. The van der Waals surface area contributed by atoms with Gasteiger partial charge in [0.15, 0.2) is 0 Å². The lowest BCUT2D eigenvalue weighted by Gasteiger charge is -2.17. The highest BCUT2D eigenvalue weighted by atomic mass is 19.1. The number of carbonyl (C=O) groups is 2. The van der Waals surface area contributed by atoms with Crippen LogP contribution in [0.15, 0.2) is 41.2 Å². The zero-order valence-electron chi connectivity index (χ0n) is 11.2. The number of carboxylic acids is 1. The number of carboxylic acid groups (broad SMARTS) is 1. The highest BCUT2D eigenvalue weighted by Crippen LogP contribution is 2.16. The molecule has 0 unspecified atom stereocenters. The number of carbonyl (C=O) groups excluding carboxylic acids is 1. The van der Waals surface area contributed by atoms with Gasteiger partial charge in [0.1, 0.15) is 5.82 Å². The molecular weight excluding hydrogens is 279 g/mol. The fraction of sp³-hybridized carbons (Fsp3) is 0.143. The van der Waals surface area contributed by atoms with E-state index >= 15 is 0 Å². The van der Waals surface area contributed by atoms with Crippen LogP contribution in [0.3, 0.4) is 0 Å². The first-order valence-electron chi connectivity index (χ1n) is 6.03. The van der Waals surface area contributed by atoms with Gasteiger partial charge < -0.3 is 19.7 Å². The lowest BCUT2D eigenvalue weighted by Crippen LogP contribution is -2.31. The van der Waals surface area contributed by atoms with E-state index in [0.29, 0.717) is 6.54 Å². The number of benzene rings is 1. The molecule has 110 valence electrons. The van der Waals surface area contributed by atoms with Gasteiger partial charge in [0.25, 0.3) is 0 Å². The second-order valence-corrected chi connectivity index (χ2v) is 4.42. The van der Waals surface area contributed by atoms with E-state index in [-0.39, 0.29) is 11.3 Å². The summed E-state index contributed by atoms with van der Waals surface area (Å²) in [7, 11) is 1.55. The maximum Gasteiger partial charge on any atom is 0.335 e. The molecule has 2 rings (SSSR count). The van der Waals surface area contributed by atoms with Crippen molar-refractivity contribution in [1.82, 2.24) is 4.90 Å². The summed E-state index contributed by atoms with van der Waals surface area (Å²) in [4.78, 5) is 24.0. The van der Waals surface area contributed by atoms with E-state index in [1.807, 2.05) is 0 Å². The summed E-state index contributed by atoms with van der Waals surface area (Å²) < 4.78 is 18.6. The van der Waals surface area contributed by atoms with Crippen molar-refractivity contribution in [2.24, 2.45) is 0 Å². The van der Waals surface area contributed by atoms with Gasteiger partial charge in [-0.1, -0.05) is 0 Å². The van der Waals surface area contributed by atoms with Gasteiger partial charge in [0, 0.05) is 12.6 Å². The number of nitrogens with one attached hydrogen (secondary N) is 1. The molecule has 0 fully saturated rings. The van der Waals surface area contributed by atoms with Gasteiger partial charge in [-0.2, -0.15) is 0 Å². The van der Waals surface area contributed by atoms with Crippen LogP contribution >= 0.6 is 0 Å². The minimum Gasteiger partial charge on any atom is -0.478 e. The molecule has 6 nitrogen and oxygen atoms in total. The number of hydrogen-bond donors (Lipinski definition) is 2. The van der Waals surface area contributed by atoms with Crippen molar-refractivity contribution in [3.05, 3.63) is 53.7 Å². The van der Waals surface area contributed by atoms with Crippen LogP contribution in [0.4, 0.5) is 14.9 Å². The number of rotatable bonds is 4. The Hall–Kier alpha value is -2.83. The lowest BCUT2D eigenvalue weighted by molar-refractivity contribution is 0.0696. The zero-order valence-corrected chi connectivity index (χ0v) is 11.2. The number of nitrogens with zero attached hydrogens (tertiary/aromatic N) is 1. The van der Waals surface area contributed by atoms with Gasteiger partial charge in [-0.15, -0.1) is 0 Å². The second-order valence-electron chi connectivity index (χ2n) is 4.42. The largest absolute Gasteiger partial charge is 0.478 e.